The molecule has 0 saturated carbocycles. The van der Waals surface area contributed by atoms with Gasteiger partial charge in [0.25, 0.3) is 0 Å². The molecule has 1 rings (SSSR count). The van der Waals surface area contributed by atoms with E-state index in [0.29, 0.717) is 17.4 Å². The van der Waals surface area contributed by atoms with Crippen LogP contribution in [0.4, 0.5) is 0 Å². The van der Waals surface area contributed by atoms with Gasteiger partial charge in [-0.15, -0.1) is 0 Å². The molecule has 0 radical (unpaired) electrons. The van der Waals surface area contributed by atoms with E-state index in [1.165, 1.54) is 0 Å². The molecule has 0 aliphatic rings. The molecular weight excluding hydrogens is 176 g/mol. The number of nitriles is 2. The van der Waals surface area contributed by atoms with E-state index in [-0.39, 0.29) is 6.42 Å². The molecule has 68 valence electrons. The topological polar surface area (TPSA) is 64.7 Å². The molecule has 0 aliphatic carbocycles. The first-order valence-electron chi connectivity index (χ1n) is 4.08. The van der Waals surface area contributed by atoms with E-state index < -0.39 is 0 Å². The first-order valence-corrected chi connectivity index (χ1v) is 4.08. The molecule has 0 atom stereocenters. The van der Waals surface area contributed by atoms with Crippen LogP contribution in [0.15, 0.2) is 12.1 Å². The molecule has 14 heavy (non-hydrogen) atoms. The second-order valence-corrected chi connectivity index (χ2v) is 2.94. The van der Waals surface area contributed by atoms with Crippen molar-refractivity contribution < 1.29 is 4.79 Å². The summed E-state index contributed by atoms with van der Waals surface area (Å²) in [4.78, 5) is 10.7. The Morgan fingerprint density at radius 3 is 2.64 bits per heavy atom. The number of nitrogens with zero attached hydrogens (tertiary/aromatic N) is 2. The van der Waals surface area contributed by atoms with E-state index >= 15 is 0 Å². The minimum absolute atomic E-state index is 0.257. The van der Waals surface area contributed by atoms with E-state index in [1.807, 2.05) is 12.1 Å². The summed E-state index contributed by atoms with van der Waals surface area (Å²) in [6.45, 7) is 1.76. The van der Waals surface area contributed by atoms with Gasteiger partial charge in [0.1, 0.15) is 6.07 Å². The SMILES string of the molecule is Cc1cc(CC#N)cc(C=O)c1C#N. The van der Waals surface area contributed by atoms with Crippen molar-refractivity contribution in [3.05, 3.63) is 34.4 Å². The third-order valence-electron chi connectivity index (χ3n) is 1.95. The minimum Gasteiger partial charge on any atom is -0.298 e. The summed E-state index contributed by atoms with van der Waals surface area (Å²) in [6, 6.07) is 7.31. The third kappa shape index (κ3) is 1.78. The fraction of sp³-hybridized carbons (Fsp3) is 0.182. The highest BCUT2D eigenvalue weighted by Gasteiger charge is 2.06. The van der Waals surface area contributed by atoms with Gasteiger partial charge in [-0.1, -0.05) is 6.07 Å². The van der Waals surface area contributed by atoms with Gasteiger partial charge in [0.2, 0.25) is 0 Å². The van der Waals surface area contributed by atoms with Gasteiger partial charge in [0.05, 0.1) is 18.1 Å². The number of aryl methyl sites for hydroxylation is 1. The molecule has 1 aromatic rings. The normalized spacial score (nSPS) is 8.79. The molecule has 0 amide bonds. The number of hydrogen-bond donors (Lipinski definition) is 0. The highest BCUT2D eigenvalue weighted by Crippen LogP contribution is 2.15. The lowest BCUT2D eigenvalue weighted by atomic mass is 9.99. The molecule has 1 aromatic carbocycles. The van der Waals surface area contributed by atoms with Gasteiger partial charge >= 0.3 is 0 Å². The fourth-order valence-electron chi connectivity index (χ4n) is 1.33. The van der Waals surface area contributed by atoms with Crippen molar-refractivity contribution in [1.29, 1.82) is 10.5 Å². The Balaban J connectivity index is 3.34. The standard InChI is InChI=1S/C11H8N2O/c1-8-4-9(2-3-12)5-10(7-14)11(8)6-13/h4-5,7H,2H2,1H3. The van der Waals surface area contributed by atoms with E-state index in [4.69, 9.17) is 10.5 Å². The molecular formula is C11H8N2O. The first kappa shape index (κ1) is 9.95. The van der Waals surface area contributed by atoms with Crippen LogP contribution < -0.4 is 0 Å². The fourth-order valence-corrected chi connectivity index (χ4v) is 1.33. The van der Waals surface area contributed by atoms with Crippen LogP contribution in [0, 0.1) is 29.6 Å². The van der Waals surface area contributed by atoms with Gasteiger partial charge in [-0.25, -0.2) is 0 Å². The van der Waals surface area contributed by atoms with Gasteiger partial charge in [0, 0.05) is 5.56 Å². The van der Waals surface area contributed by atoms with Gasteiger partial charge in [-0.05, 0) is 24.1 Å². The average Bonchev–Trinajstić information content (AvgIpc) is 2.17. The van der Waals surface area contributed by atoms with E-state index in [1.54, 1.807) is 19.1 Å². The van der Waals surface area contributed by atoms with Crippen molar-refractivity contribution >= 4 is 6.29 Å². The number of hydrogen-bond acceptors (Lipinski definition) is 3. The van der Waals surface area contributed by atoms with Gasteiger partial charge in [-0.3, -0.25) is 4.79 Å². The van der Waals surface area contributed by atoms with Crippen molar-refractivity contribution in [2.75, 3.05) is 0 Å². The van der Waals surface area contributed by atoms with Gasteiger partial charge < -0.3 is 0 Å². The summed E-state index contributed by atoms with van der Waals surface area (Å²) in [5.41, 5.74) is 2.26. The summed E-state index contributed by atoms with van der Waals surface area (Å²) < 4.78 is 0. The molecule has 0 saturated heterocycles. The van der Waals surface area contributed by atoms with Crippen molar-refractivity contribution in [2.24, 2.45) is 0 Å². The Morgan fingerprint density at radius 1 is 1.43 bits per heavy atom. The van der Waals surface area contributed by atoms with Crippen molar-refractivity contribution in [2.45, 2.75) is 13.3 Å². The van der Waals surface area contributed by atoms with Crippen molar-refractivity contribution in [1.82, 2.24) is 0 Å². The Kier molecular flexibility index (Phi) is 2.99. The predicted octanol–water partition coefficient (Wildman–Crippen LogP) is 1.75. The van der Waals surface area contributed by atoms with Gasteiger partial charge in [0.15, 0.2) is 6.29 Å². The van der Waals surface area contributed by atoms with E-state index in [9.17, 15) is 4.79 Å². The molecule has 3 heteroatoms. The smallest absolute Gasteiger partial charge is 0.151 e. The number of carbonyl (C=O) groups is 1. The largest absolute Gasteiger partial charge is 0.298 e. The molecule has 0 N–H and O–H groups in total. The summed E-state index contributed by atoms with van der Waals surface area (Å²) >= 11 is 0. The Morgan fingerprint density at radius 2 is 2.14 bits per heavy atom. The molecule has 0 fully saturated rings. The molecule has 0 unspecified atom stereocenters. The van der Waals surface area contributed by atoms with Crippen LogP contribution in [0.5, 0.6) is 0 Å². The van der Waals surface area contributed by atoms with Crippen LogP contribution in [0.3, 0.4) is 0 Å². The summed E-state index contributed by atoms with van der Waals surface area (Å²) in [7, 11) is 0. The second-order valence-electron chi connectivity index (χ2n) is 2.94. The number of benzene rings is 1. The lowest BCUT2D eigenvalue weighted by Crippen LogP contribution is -1.95. The highest BCUT2D eigenvalue weighted by molar-refractivity contribution is 5.80. The van der Waals surface area contributed by atoms with Crippen molar-refractivity contribution in [3.63, 3.8) is 0 Å². The van der Waals surface area contributed by atoms with Crippen LogP contribution in [0.1, 0.15) is 27.0 Å². The number of carbonyl (C=O) groups excluding carboxylic acids is 1. The number of rotatable bonds is 2. The van der Waals surface area contributed by atoms with Crippen LogP contribution in [-0.2, 0) is 6.42 Å². The minimum atomic E-state index is 0.257. The van der Waals surface area contributed by atoms with E-state index in [2.05, 4.69) is 0 Å². The highest BCUT2D eigenvalue weighted by atomic mass is 16.1. The number of aldehydes is 1. The Bertz CT molecular complexity index is 450. The van der Waals surface area contributed by atoms with Crippen molar-refractivity contribution in [3.8, 4) is 12.1 Å². The maximum absolute atomic E-state index is 10.7. The predicted molar refractivity (Wildman–Crippen MR) is 50.6 cm³/mol. The summed E-state index contributed by atoms with van der Waals surface area (Å²) in [5, 5.41) is 17.3. The lowest BCUT2D eigenvalue weighted by molar-refractivity contribution is 0.112. The third-order valence-corrected chi connectivity index (χ3v) is 1.95. The first-order chi connectivity index (χ1) is 6.72. The Hall–Kier alpha value is -2.13. The second kappa shape index (κ2) is 4.20. The zero-order valence-electron chi connectivity index (χ0n) is 7.74. The molecule has 3 nitrogen and oxygen atoms in total. The quantitative estimate of drug-likeness (QED) is 0.657. The van der Waals surface area contributed by atoms with Gasteiger partial charge in [-0.2, -0.15) is 10.5 Å². The lowest BCUT2D eigenvalue weighted by Gasteiger charge is -2.03. The van der Waals surface area contributed by atoms with Crippen LogP contribution >= 0.6 is 0 Å². The van der Waals surface area contributed by atoms with Crippen LogP contribution in [0.25, 0.3) is 0 Å². The Labute approximate surface area is 82.2 Å². The summed E-state index contributed by atoms with van der Waals surface area (Å²) in [6.07, 6.45) is 0.903. The molecule has 0 aliphatic heterocycles. The van der Waals surface area contributed by atoms with Crippen LogP contribution in [0.2, 0.25) is 0 Å². The average molecular weight is 184 g/mol. The zero-order chi connectivity index (χ0) is 10.6. The summed E-state index contributed by atoms with van der Waals surface area (Å²) in [5.74, 6) is 0. The van der Waals surface area contributed by atoms with Crippen LogP contribution in [-0.4, -0.2) is 6.29 Å². The zero-order valence-corrected chi connectivity index (χ0v) is 7.74. The molecule has 0 heterocycles. The molecule has 0 aromatic heterocycles. The molecule has 0 bridgehead atoms. The maximum atomic E-state index is 10.7. The van der Waals surface area contributed by atoms with E-state index in [0.717, 1.165) is 11.1 Å². The molecule has 0 spiro atoms. The monoisotopic (exact) mass is 184 g/mol. The maximum Gasteiger partial charge on any atom is 0.151 e.